The van der Waals surface area contributed by atoms with Crippen LogP contribution in [0.4, 0.5) is 0 Å². The standard InChI is InChI=1S/C17H17ClN4/c1-13-8-9-22(21-13)16-5-2-14(3-6-16)10-19-11-15-4-7-17(18)20-12-15/h2-9,12,19H,10-11H2,1H3. The van der Waals surface area contributed by atoms with Crippen molar-refractivity contribution in [3.8, 4) is 5.69 Å². The number of aromatic nitrogens is 3. The number of nitrogens with one attached hydrogen (secondary N) is 1. The van der Waals surface area contributed by atoms with Gasteiger partial charge < -0.3 is 5.32 Å². The third-order valence-electron chi connectivity index (χ3n) is 3.37. The van der Waals surface area contributed by atoms with Crippen LogP contribution in [-0.4, -0.2) is 14.8 Å². The van der Waals surface area contributed by atoms with Crippen LogP contribution in [0.15, 0.2) is 54.9 Å². The first-order valence-corrected chi connectivity index (χ1v) is 7.51. The van der Waals surface area contributed by atoms with Crippen molar-refractivity contribution in [1.29, 1.82) is 0 Å². The molecule has 0 aliphatic carbocycles. The number of nitrogens with zero attached hydrogens (tertiary/aromatic N) is 3. The fourth-order valence-corrected chi connectivity index (χ4v) is 2.30. The average molecular weight is 313 g/mol. The normalized spacial score (nSPS) is 10.8. The first kappa shape index (κ1) is 14.8. The molecule has 0 aliphatic rings. The number of hydrogen-bond acceptors (Lipinski definition) is 3. The molecule has 0 unspecified atom stereocenters. The number of benzene rings is 1. The second kappa shape index (κ2) is 6.73. The fourth-order valence-electron chi connectivity index (χ4n) is 2.19. The van der Waals surface area contributed by atoms with E-state index in [9.17, 15) is 0 Å². The molecule has 1 N–H and O–H groups in total. The van der Waals surface area contributed by atoms with Crippen LogP contribution < -0.4 is 5.32 Å². The summed E-state index contributed by atoms with van der Waals surface area (Å²) >= 11 is 5.77. The largest absolute Gasteiger partial charge is 0.309 e. The third kappa shape index (κ3) is 3.72. The van der Waals surface area contributed by atoms with Crippen molar-refractivity contribution in [3.63, 3.8) is 0 Å². The zero-order valence-electron chi connectivity index (χ0n) is 12.3. The van der Waals surface area contributed by atoms with Crippen molar-refractivity contribution in [2.24, 2.45) is 0 Å². The zero-order valence-corrected chi connectivity index (χ0v) is 13.1. The first-order valence-electron chi connectivity index (χ1n) is 7.13. The molecule has 2 heterocycles. The number of aryl methyl sites for hydroxylation is 1. The maximum absolute atomic E-state index is 5.77. The molecule has 1 aromatic carbocycles. The molecule has 3 rings (SSSR count). The molecule has 0 atom stereocenters. The van der Waals surface area contributed by atoms with Crippen molar-refractivity contribution >= 4 is 11.6 Å². The van der Waals surface area contributed by atoms with E-state index in [1.54, 1.807) is 12.3 Å². The Morgan fingerprint density at radius 2 is 1.73 bits per heavy atom. The molecule has 0 aliphatic heterocycles. The Morgan fingerprint density at radius 3 is 2.36 bits per heavy atom. The smallest absolute Gasteiger partial charge is 0.129 e. The molecule has 0 radical (unpaired) electrons. The van der Waals surface area contributed by atoms with Gasteiger partial charge in [-0.2, -0.15) is 5.10 Å². The maximum Gasteiger partial charge on any atom is 0.129 e. The summed E-state index contributed by atoms with van der Waals surface area (Å²) in [4.78, 5) is 4.07. The van der Waals surface area contributed by atoms with Gasteiger partial charge in [0.25, 0.3) is 0 Å². The molecular formula is C17H17ClN4. The Bertz CT molecular complexity index is 732. The van der Waals surface area contributed by atoms with Crippen LogP contribution in [0, 0.1) is 6.92 Å². The number of halogens is 1. The van der Waals surface area contributed by atoms with Gasteiger partial charge in [0.1, 0.15) is 5.15 Å². The molecule has 0 fully saturated rings. The highest BCUT2D eigenvalue weighted by atomic mass is 35.5. The van der Waals surface area contributed by atoms with Gasteiger partial charge in [-0.25, -0.2) is 9.67 Å². The number of hydrogen-bond donors (Lipinski definition) is 1. The summed E-state index contributed by atoms with van der Waals surface area (Å²) in [6.07, 6.45) is 3.76. The summed E-state index contributed by atoms with van der Waals surface area (Å²) in [6.45, 7) is 3.56. The van der Waals surface area contributed by atoms with Gasteiger partial charge in [-0.1, -0.05) is 29.8 Å². The molecule has 5 heteroatoms. The minimum absolute atomic E-state index is 0.521. The molecule has 0 saturated heterocycles. The van der Waals surface area contributed by atoms with E-state index in [0.717, 1.165) is 30.0 Å². The zero-order chi connectivity index (χ0) is 15.4. The summed E-state index contributed by atoms with van der Waals surface area (Å²) in [5.74, 6) is 0. The van der Waals surface area contributed by atoms with Crippen molar-refractivity contribution in [3.05, 3.63) is 76.8 Å². The van der Waals surface area contributed by atoms with E-state index in [2.05, 4.69) is 39.7 Å². The van der Waals surface area contributed by atoms with E-state index in [-0.39, 0.29) is 0 Å². The lowest BCUT2D eigenvalue weighted by Gasteiger charge is -2.07. The molecule has 112 valence electrons. The Hall–Kier alpha value is -2.17. The topological polar surface area (TPSA) is 42.7 Å². The molecule has 2 aromatic heterocycles. The minimum Gasteiger partial charge on any atom is -0.309 e. The molecule has 0 saturated carbocycles. The van der Waals surface area contributed by atoms with Gasteiger partial charge in [0.15, 0.2) is 0 Å². The second-order valence-corrected chi connectivity index (χ2v) is 5.55. The highest BCUT2D eigenvalue weighted by molar-refractivity contribution is 6.29. The fraction of sp³-hybridized carbons (Fsp3) is 0.176. The quantitative estimate of drug-likeness (QED) is 0.733. The first-order chi connectivity index (χ1) is 10.7. The monoisotopic (exact) mass is 312 g/mol. The molecule has 4 nitrogen and oxygen atoms in total. The summed E-state index contributed by atoms with van der Waals surface area (Å²) in [5, 5.41) is 8.32. The van der Waals surface area contributed by atoms with Crippen molar-refractivity contribution < 1.29 is 0 Å². The number of rotatable bonds is 5. The van der Waals surface area contributed by atoms with Crippen LogP contribution >= 0.6 is 11.6 Å². The Morgan fingerprint density at radius 1 is 1.00 bits per heavy atom. The van der Waals surface area contributed by atoms with Gasteiger partial charge in [0, 0.05) is 25.5 Å². The van der Waals surface area contributed by atoms with Crippen molar-refractivity contribution in [2.45, 2.75) is 20.0 Å². The van der Waals surface area contributed by atoms with E-state index < -0.39 is 0 Å². The molecule has 22 heavy (non-hydrogen) atoms. The van der Waals surface area contributed by atoms with E-state index in [0.29, 0.717) is 5.15 Å². The lowest BCUT2D eigenvalue weighted by atomic mass is 10.2. The van der Waals surface area contributed by atoms with Crippen LogP contribution in [0.25, 0.3) is 5.69 Å². The molecule has 0 amide bonds. The predicted octanol–water partition coefficient (Wildman–Crippen LogP) is 3.52. The van der Waals surface area contributed by atoms with Gasteiger partial charge in [-0.15, -0.1) is 0 Å². The lowest BCUT2D eigenvalue weighted by Crippen LogP contribution is -2.12. The highest BCUT2D eigenvalue weighted by Gasteiger charge is 1.99. The van der Waals surface area contributed by atoms with Crippen molar-refractivity contribution in [2.75, 3.05) is 0 Å². The van der Waals surface area contributed by atoms with E-state index >= 15 is 0 Å². The second-order valence-electron chi connectivity index (χ2n) is 5.16. The van der Waals surface area contributed by atoms with Crippen LogP contribution in [0.3, 0.4) is 0 Å². The number of pyridine rings is 1. The SMILES string of the molecule is Cc1ccn(-c2ccc(CNCc3ccc(Cl)nc3)cc2)n1. The van der Waals surface area contributed by atoms with Gasteiger partial charge in [0.2, 0.25) is 0 Å². The van der Waals surface area contributed by atoms with E-state index in [1.165, 1.54) is 5.56 Å². The summed E-state index contributed by atoms with van der Waals surface area (Å²) in [6, 6.07) is 14.2. The molecule has 0 spiro atoms. The summed E-state index contributed by atoms with van der Waals surface area (Å²) < 4.78 is 1.88. The van der Waals surface area contributed by atoms with Crippen LogP contribution in [0.1, 0.15) is 16.8 Å². The Balaban J connectivity index is 1.56. The summed E-state index contributed by atoms with van der Waals surface area (Å²) in [5.41, 5.74) is 4.43. The van der Waals surface area contributed by atoms with Crippen LogP contribution in [0.5, 0.6) is 0 Å². The third-order valence-corrected chi connectivity index (χ3v) is 3.59. The minimum atomic E-state index is 0.521. The maximum atomic E-state index is 5.77. The predicted molar refractivity (Wildman–Crippen MR) is 88.1 cm³/mol. The van der Waals surface area contributed by atoms with Gasteiger partial charge in [0.05, 0.1) is 11.4 Å². The van der Waals surface area contributed by atoms with Gasteiger partial charge in [-0.05, 0) is 42.3 Å². The summed E-state index contributed by atoms with van der Waals surface area (Å²) in [7, 11) is 0. The molecule has 0 bridgehead atoms. The van der Waals surface area contributed by atoms with Crippen LogP contribution in [-0.2, 0) is 13.1 Å². The molecule has 3 aromatic rings. The highest BCUT2D eigenvalue weighted by Crippen LogP contribution is 2.10. The van der Waals surface area contributed by atoms with Gasteiger partial charge in [-0.3, -0.25) is 0 Å². The Kier molecular flexibility index (Phi) is 4.51. The Labute approximate surface area is 134 Å². The van der Waals surface area contributed by atoms with Crippen LogP contribution in [0.2, 0.25) is 5.15 Å². The lowest BCUT2D eigenvalue weighted by molar-refractivity contribution is 0.691. The van der Waals surface area contributed by atoms with Crippen molar-refractivity contribution in [1.82, 2.24) is 20.1 Å². The average Bonchev–Trinajstić information content (AvgIpc) is 2.97. The molecular weight excluding hydrogens is 296 g/mol. The van der Waals surface area contributed by atoms with E-state index in [1.807, 2.05) is 29.9 Å². The van der Waals surface area contributed by atoms with Gasteiger partial charge >= 0.3 is 0 Å². The van der Waals surface area contributed by atoms with E-state index in [4.69, 9.17) is 11.6 Å².